The molecule has 1 aromatic heterocycles. The second kappa shape index (κ2) is 4.42. The van der Waals surface area contributed by atoms with E-state index in [0.29, 0.717) is 12.6 Å². The van der Waals surface area contributed by atoms with Crippen LogP contribution in [0.4, 0.5) is 0 Å². The molecule has 0 saturated carbocycles. The van der Waals surface area contributed by atoms with E-state index in [2.05, 4.69) is 19.2 Å². The number of nitrogens with one attached hydrogen (secondary N) is 1. The zero-order chi connectivity index (χ0) is 10.7. The predicted octanol–water partition coefficient (Wildman–Crippen LogP) is 1.19. The summed E-state index contributed by atoms with van der Waals surface area (Å²) in [7, 11) is 1.80. The van der Waals surface area contributed by atoms with Crippen molar-refractivity contribution >= 4 is 0 Å². The standard InChI is InChI=1S/C11H18N2O/c1-8(2)12-7-10-6-5-9(3)13(4)11(10)14/h5-6,8,12H,7H2,1-4H3. The van der Waals surface area contributed by atoms with E-state index >= 15 is 0 Å². The van der Waals surface area contributed by atoms with Gasteiger partial charge in [-0.2, -0.15) is 0 Å². The van der Waals surface area contributed by atoms with Crippen molar-refractivity contribution in [2.75, 3.05) is 0 Å². The van der Waals surface area contributed by atoms with Crippen LogP contribution in [-0.4, -0.2) is 10.6 Å². The van der Waals surface area contributed by atoms with E-state index in [0.717, 1.165) is 11.3 Å². The maximum Gasteiger partial charge on any atom is 0.254 e. The number of nitrogens with zero attached hydrogens (tertiary/aromatic N) is 1. The molecular formula is C11H18N2O. The number of hydrogen-bond donors (Lipinski definition) is 1. The average molecular weight is 194 g/mol. The normalized spacial score (nSPS) is 10.9. The van der Waals surface area contributed by atoms with Crippen LogP contribution in [0.2, 0.25) is 0 Å². The molecule has 0 aliphatic carbocycles. The Hall–Kier alpha value is -1.09. The molecule has 78 valence electrons. The highest BCUT2D eigenvalue weighted by atomic mass is 16.1. The molecule has 1 rings (SSSR count). The van der Waals surface area contributed by atoms with Gasteiger partial charge in [0.25, 0.3) is 5.56 Å². The molecule has 0 spiro atoms. The van der Waals surface area contributed by atoms with Crippen LogP contribution in [0.3, 0.4) is 0 Å². The highest BCUT2D eigenvalue weighted by Gasteiger charge is 2.03. The Morgan fingerprint density at radius 2 is 2.07 bits per heavy atom. The average Bonchev–Trinajstić information content (AvgIpc) is 2.13. The second-order valence-electron chi connectivity index (χ2n) is 3.90. The minimum atomic E-state index is 0.0955. The predicted molar refractivity (Wildman–Crippen MR) is 58.4 cm³/mol. The van der Waals surface area contributed by atoms with Gasteiger partial charge in [0.15, 0.2) is 0 Å². The number of rotatable bonds is 3. The fraction of sp³-hybridized carbons (Fsp3) is 0.545. The van der Waals surface area contributed by atoms with Crippen LogP contribution >= 0.6 is 0 Å². The maximum atomic E-state index is 11.7. The molecule has 1 N–H and O–H groups in total. The lowest BCUT2D eigenvalue weighted by Gasteiger charge is -2.09. The van der Waals surface area contributed by atoms with Crippen molar-refractivity contribution in [3.05, 3.63) is 33.7 Å². The Balaban J connectivity index is 2.89. The Kier molecular flexibility index (Phi) is 3.47. The Labute approximate surface area is 84.8 Å². The highest BCUT2D eigenvalue weighted by molar-refractivity contribution is 5.14. The molecule has 0 fully saturated rings. The molecule has 3 heteroatoms. The molecule has 1 heterocycles. The van der Waals surface area contributed by atoms with Crippen LogP contribution < -0.4 is 10.9 Å². The Morgan fingerprint density at radius 3 is 2.64 bits per heavy atom. The Morgan fingerprint density at radius 1 is 1.43 bits per heavy atom. The van der Waals surface area contributed by atoms with Crippen molar-refractivity contribution < 1.29 is 0 Å². The van der Waals surface area contributed by atoms with Crippen LogP contribution in [0.25, 0.3) is 0 Å². The van der Waals surface area contributed by atoms with Gasteiger partial charge in [-0.25, -0.2) is 0 Å². The minimum Gasteiger partial charge on any atom is -0.316 e. The van der Waals surface area contributed by atoms with Gasteiger partial charge in [0.2, 0.25) is 0 Å². The molecule has 0 aromatic carbocycles. The van der Waals surface area contributed by atoms with E-state index in [9.17, 15) is 4.79 Å². The number of hydrogen-bond acceptors (Lipinski definition) is 2. The molecule has 0 saturated heterocycles. The molecular weight excluding hydrogens is 176 g/mol. The van der Waals surface area contributed by atoms with Crippen molar-refractivity contribution in [3.8, 4) is 0 Å². The molecule has 0 unspecified atom stereocenters. The van der Waals surface area contributed by atoms with Crippen molar-refractivity contribution in [2.45, 2.75) is 33.4 Å². The lowest BCUT2D eigenvalue weighted by molar-refractivity contribution is 0.582. The third-order valence-electron chi connectivity index (χ3n) is 2.33. The van der Waals surface area contributed by atoms with Crippen molar-refractivity contribution in [3.63, 3.8) is 0 Å². The summed E-state index contributed by atoms with van der Waals surface area (Å²) < 4.78 is 1.68. The molecule has 0 amide bonds. The van der Waals surface area contributed by atoms with Crippen LogP contribution in [0.1, 0.15) is 25.1 Å². The fourth-order valence-corrected chi connectivity index (χ4v) is 1.23. The largest absolute Gasteiger partial charge is 0.316 e. The van der Waals surface area contributed by atoms with Crippen molar-refractivity contribution in [1.82, 2.24) is 9.88 Å². The van der Waals surface area contributed by atoms with Gasteiger partial charge < -0.3 is 9.88 Å². The second-order valence-corrected chi connectivity index (χ2v) is 3.90. The van der Waals surface area contributed by atoms with Crippen LogP contribution in [0.5, 0.6) is 0 Å². The fourth-order valence-electron chi connectivity index (χ4n) is 1.23. The van der Waals surface area contributed by atoms with Crippen molar-refractivity contribution in [2.24, 2.45) is 7.05 Å². The van der Waals surface area contributed by atoms with E-state index in [4.69, 9.17) is 0 Å². The summed E-state index contributed by atoms with van der Waals surface area (Å²) in [5.41, 5.74) is 1.91. The van der Waals surface area contributed by atoms with Gasteiger partial charge in [0.1, 0.15) is 0 Å². The number of aromatic nitrogens is 1. The van der Waals surface area contributed by atoms with E-state index in [1.165, 1.54) is 0 Å². The molecule has 1 aromatic rings. The lowest BCUT2D eigenvalue weighted by Crippen LogP contribution is -2.29. The molecule has 0 atom stereocenters. The molecule has 0 aliphatic heterocycles. The molecule has 0 bridgehead atoms. The first-order chi connectivity index (χ1) is 6.52. The molecule has 0 radical (unpaired) electrons. The van der Waals surface area contributed by atoms with E-state index in [1.807, 2.05) is 19.1 Å². The highest BCUT2D eigenvalue weighted by Crippen LogP contribution is 1.96. The Bertz CT molecular complexity index is 366. The summed E-state index contributed by atoms with van der Waals surface area (Å²) in [5.74, 6) is 0. The summed E-state index contributed by atoms with van der Waals surface area (Å²) in [6, 6.07) is 4.27. The van der Waals surface area contributed by atoms with Gasteiger partial charge in [-0.15, -0.1) is 0 Å². The first kappa shape index (κ1) is 11.0. The zero-order valence-electron chi connectivity index (χ0n) is 9.29. The summed E-state index contributed by atoms with van der Waals surface area (Å²) in [6.07, 6.45) is 0. The monoisotopic (exact) mass is 194 g/mol. The van der Waals surface area contributed by atoms with Gasteiger partial charge in [-0.05, 0) is 13.0 Å². The number of pyridine rings is 1. The van der Waals surface area contributed by atoms with Crippen LogP contribution in [0, 0.1) is 6.92 Å². The lowest BCUT2D eigenvalue weighted by atomic mass is 10.2. The first-order valence-corrected chi connectivity index (χ1v) is 4.91. The summed E-state index contributed by atoms with van der Waals surface area (Å²) in [6.45, 7) is 6.71. The molecule has 0 aliphatic rings. The number of aryl methyl sites for hydroxylation is 1. The smallest absolute Gasteiger partial charge is 0.254 e. The van der Waals surface area contributed by atoms with Gasteiger partial charge in [0, 0.05) is 30.9 Å². The quantitative estimate of drug-likeness (QED) is 0.784. The zero-order valence-corrected chi connectivity index (χ0v) is 9.29. The van der Waals surface area contributed by atoms with Gasteiger partial charge in [-0.3, -0.25) is 4.79 Å². The maximum absolute atomic E-state index is 11.7. The summed E-state index contributed by atoms with van der Waals surface area (Å²) in [5, 5.41) is 3.24. The summed E-state index contributed by atoms with van der Waals surface area (Å²) >= 11 is 0. The minimum absolute atomic E-state index is 0.0955. The van der Waals surface area contributed by atoms with Crippen LogP contribution in [0.15, 0.2) is 16.9 Å². The van der Waals surface area contributed by atoms with Crippen LogP contribution in [-0.2, 0) is 13.6 Å². The van der Waals surface area contributed by atoms with E-state index in [-0.39, 0.29) is 5.56 Å². The molecule has 14 heavy (non-hydrogen) atoms. The topological polar surface area (TPSA) is 34.0 Å². The summed E-state index contributed by atoms with van der Waals surface area (Å²) in [4.78, 5) is 11.7. The van der Waals surface area contributed by atoms with Gasteiger partial charge in [0.05, 0.1) is 0 Å². The SMILES string of the molecule is Cc1ccc(CNC(C)C)c(=O)n1C. The van der Waals surface area contributed by atoms with E-state index in [1.54, 1.807) is 11.6 Å². The third kappa shape index (κ3) is 2.45. The van der Waals surface area contributed by atoms with Gasteiger partial charge in [-0.1, -0.05) is 19.9 Å². The van der Waals surface area contributed by atoms with Gasteiger partial charge >= 0.3 is 0 Å². The third-order valence-corrected chi connectivity index (χ3v) is 2.33. The van der Waals surface area contributed by atoms with E-state index < -0.39 is 0 Å². The van der Waals surface area contributed by atoms with Crippen molar-refractivity contribution in [1.29, 1.82) is 0 Å². The molecule has 3 nitrogen and oxygen atoms in total. The first-order valence-electron chi connectivity index (χ1n) is 4.91.